The average molecular weight is 330 g/mol. The Labute approximate surface area is 124 Å². The van der Waals surface area contributed by atoms with Gasteiger partial charge >= 0.3 is 125 Å². The van der Waals surface area contributed by atoms with E-state index in [0.717, 1.165) is 10.8 Å². The van der Waals surface area contributed by atoms with Gasteiger partial charge in [-0.15, -0.1) is 0 Å². The SMILES string of the molecule is C#CCSc1cnc2ccccc2c1[Se]CC#CC. The van der Waals surface area contributed by atoms with Gasteiger partial charge in [-0.2, -0.15) is 0 Å². The summed E-state index contributed by atoms with van der Waals surface area (Å²) in [5, 5.41) is 2.17. The number of fused-ring (bicyclic) bond motifs is 1. The average Bonchev–Trinajstić information content (AvgIpc) is 2.46. The van der Waals surface area contributed by atoms with Crippen molar-refractivity contribution in [1.82, 2.24) is 4.98 Å². The predicted octanol–water partition coefficient (Wildman–Crippen LogP) is 2.73. The molecule has 1 nitrogen and oxygen atoms in total. The zero-order valence-electron chi connectivity index (χ0n) is 10.6. The summed E-state index contributed by atoms with van der Waals surface area (Å²) < 4.78 is 1.38. The van der Waals surface area contributed by atoms with E-state index >= 15 is 0 Å². The summed E-state index contributed by atoms with van der Waals surface area (Å²) in [6.45, 7) is 1.88. The van der Waals surface area contributed by atoms with E-state index in [1.807, 2.05) is 19.2 Å². The third-order valence-electron chi connectivity index (χ3n) is 2.47. The number of nitrogens with zero attached hydrogens (tertiary/aromatic N) is 1. The molecular weight excluding hydrogens is 317 g/mol. The van der Waals surface area contributed by atoms with Crippen LogP contribution in [0.1, 0.15) is 6.92 Å². The van der Waals surface area contributed by atoms with Gasteiger partial charge in [0.15, 0.2) is 0 Å². The van der Waals surface area contributed by atoms with Crippen LogP contribution in [0.3, 0.4) is 0 Å². The number of hydrogen-bond donors (Lipinski definition) is 0. The van der Waals surface area contributed by atoms with Crippen LogP contribution in [0.25, 0.3) is 10.9 Å². The van der Waals surface area contributed by atoms with Gasteiger partial charge in [-0.05, 0) is 0 Å². The summed E-state index contributed by atoms with van der Waals surface area (Å²) >= 11 is 2.02. The van der Waals surface area contributed by atoms with E-state index in [4.69, 9.17) is 6.42 Å². The van der Waals surface area contributed by atoms with E-state index in [0.29, 0.717) is 20.7 Å². The normalized spacial score (nSPS) is 9.68. The van der Waals surface area contributed by atoms with Crippen molar-refractivity contribution in [1.29, 1.82) is 0 Å². The number of pyridine rings is 1. The Hall–Kier alpha value is -1.38. The Bertz CT molecular complexity index is 676. The molecule has 1 heterocycles. The van der Waals surface area contributed by atoms with Crippen LogP contribution in [0.2, 0.25) is 5.32 Å². The number of thioether (sulfide) groups is 1. The molecule has 0 atom stereocenters. The summed E-state index contributed by atoms with van der Waals surface area (Å²) in [4.78, 5) is 5.71. The molecule has 0 aliphatic carbocycles. The van der Waals surface area contributed by atoms with Gasteiger partial charge in [0, 0.05) is 0 Å². The van der Waals surface area contributed by atoms with Gasteiger partial charge in [-0.3, -0.25) is 0 Å². The third kappa shape index (κ3) is 3.55. The van der Waals surface area contributed by atoms with E-state index < -0.39 is 0 Å². The summed E-state index contributed by atoms with van der Waals surface area (Å²) in [5.74, 6) is 9.47. The molecule has 0 aliphatic heterocycles. The van der Waals surface area contributed by atoms with E-state index in [1.54, 1.807) is 11.8 Å². The van der Waals surface area contributed by atoms with Crippen molar-refractivity contribution in [3.05, 3.63) is 30.5 Å². The van der Waals surface area contributed by atoms with Crippen LogP contribution in [-0.2, 0) is 0 Å². The van der Waals surface area contributed by atoms with E-state index in [9.17, 15) is 0 Å². The van der Waals surface area contributed by atoms with Crippen LogP contribution >= 0.6 is 11.8 Å². The molecule has 0 aliphatic rings. The second-order valence-corrected chi connectivity index (χ2v) is 6.76. The Morgan fingerprint density at radius 1 is 1.37 bits per heavy atom. The number of terminal acetylenes is 1. The molecule has 0 bridgehead atoms. The summed E-state index contributed by atoms with van der Waals surface area (Å²) in [7, 11) is 0. The van der Waals surface area contributed by atoms with Gasteiger partial charge in [0.2, 0.25) is 0 Å². The van der Waals surface area contributed by atoms with Gasteiger partial charge in [-0.1, -0.05) is 0 Å². The zero-order chi connectivity index (χ0) is 13.5. The van der Waals surface area contributed by atoms with Crippen molar-refractivity contribution < 1.29 is 0 Å². The second kappa shape index (κ2) is 7.27. The molecule has 0 radical (unpaired) electrons. The first-order valence-corrected chi connectivity index (χ1v) is 8.88. The fourth-order valence-corrected chi connectivity index (χ4v) is 4.79. The molecule has 2 aromatic rings. The molecule has 19 heavy (non-hydrogen) atoms. The fraction of sp³-hybridized carbons (Fsp3) is 0.188. The molecule has 0 saturated carbocycles. The molecule has 94 valence electrons. The number of benzene rings is 1. The zero-order valence-corrected chi connectivity index (χ0v) is 13.2. The Balaban J connectivity index is 2.44. The molecule has 0 N–H and O–H groups in total. The monoisotopic (exact) mass is 331 g/mol. The van der Waals surface area contributed by atoms with Gasteiger partial charge in [0.1, 0.15) is 0 Å². The van der Waals surface area contributed by atoms with Crippen molar-refractivity contribution in [3.63, 3.8) is 0 Å². The molecule has 0 spiro atoms. The van der Waals surface area contributed by atoms with Crippen LogP contribution in [0.4, 0.5) is 0 Å². The molecule has 2 rings (SSSR count). The first-order chi connectivity index (χ1) is 9.36. The summed E-state index contributed by atoms with van der Waals surface area (Å²) in [5.41, 5.74) is 1.05. The fourth-order valence-electron chi connectivity index (χ4n) is 1.65. The Kier molecular flexibility index (Phi) is 5.37. The topological polar surface area (TPSA) is 12.9 Å². The van der Waals surface area contributed by atoms with E-state index in [1.165, 1.54) is 14.7 Å². The molecule has 3 heteroatoms. The molecule has 0 unspecified atom stereocenters. The first-order valence-electron chi connectivity index (χ1n) is 5.83. The van der Waals surface area contributed by atoms with Gasteiger partial charge < -0.3 is 0 Å². The molecule has 1 aromatic heterocycles. The summed E-state index contributed by atoms with van der Waals surface area (Å²) in [6, 6.07) is 8.27. The van der Waals surface area contributed by atoms with Crippen LogP contribution in [0.5, 0.6) is 0 Å². The number of para-hydroxylation sites is 1. The first kappa shape index (κ1) is 14.0. The summed E-state index contributed by atoms with van der Waals surface area (Å²) in [6.07, 6.45) is 7.30. The number of aromatic nitrogens is 1. The molecule has 0 fully saturated rings. The third-order valence-corrected chi connectivity index (χ3v) is 5.83. The Morgan fingerprint density at radius 3 is 3.00 bits per heavy atom. The molecular formula is C16H13NSSe. The van der Waals surface area contributed by atoms with Crippen LogP contribution in [0.15, 0.2) is 35.4 Å². The van der Waals surface area contributed by atoms with Crippen molar-refractivity contribution >= 4 is 42.1 Å². The van der Waals surface area contributed by atoms with Gasteiger partial charge in [-0.25, -0.2) is 0 Å². The number of hydrogen-bond acceptors (Lipinski definition) is 2. The van der Waals surface area contributed by atoms with E-state index in [2.05, 4.69) is 40.9 Å². The number of rotatable bonds is 4. The maximum atomic E-state index is 5.35. The van der Waals surface area contributed by atoms with Gasteiger partial charge in [0.05, 0.1) is 0 Å². The van der Waals surface area contributed by atoms with Gasteiger partial charge in [0.25, 0.3) is 0 Å². The standard InChI is InChI=1S/C16H13NSSe/c1-3-5-11-19-16-13-8-6-7-9-14(13)17-12-15(16)18-10-4-2/h2,6-9,12H,10-11H2,1H3. The predicted molar refractivity (Wildman–Crippen MR) is 84.9 cm³/mol. The quantitative estimate of drug-likeness (QED) is 0.486. The van der Waals surface area contributed by atoms with Crippen molar-refractivity contribution in [2.45, 2.75) is 17.1 Å². The van der Waals surface area contributed by atoms with Crippen molar-refractivity contribution in [2.24, 2.45) is 0 Å². The molecule has 1 aromatic carbocycles. The van der Waals surface area contributed by atoms with Crippen LogP contribution < -0.4 is 4.46 Å². The van der Waals surface area contributed by atoms with E-state index in [-0.39, 0.29) is 0 Å². The second-order valence-electron chi connectivity index (χ2n) is 3.68. The molecule has 0 amide bonds. The minimum atomic E-state index is 0.336. The van der Waals surface area contributed by atoms with Crippen LogP contribution in [-0.4, -0.2) is 25.7 Å². The maximum absolute atomic E-state index is 5.35. The Morgan fingerprint density at radius 2 is 2.21 bits per heavy atom. The van der Waals surface area contributed by atoms with Crippen LogP contribution in [0, 0.1) is 24.2 Å². The minimum absolute atomic E-state index is 0.336. The molecule has 0 saturated heterocycles. The van der Waals surface area contributed by atoms with Crippen molar-refractivity contribution in [3.8, 4) is 24.2 Å². The van der Waals surface area contributed by atoms with Crippen molar-refractivity contribution in [2.75, 3.05) is 5.75 Å².